The van der Waals surface area contributed by atoms with Crippen molar-refractivity contribution in [2.24, 2.45) is 0 Å². The average molecular weight is 394 g/mol. The van der Waals surface area contributed by atoms with Gasteiger partial charge in [0.15, 0.2) is 0 Å². The number of rotatable bonds is 6. The molecule has 4 rings (SSSR count). The number of nitrogens with one attached hydrogen (secondary N) is 1. The van der Waals surface area contributed by atoms with Crippen LogP contribution in [0.5, 0.6) is 5.75 Å². The predicted octanol–water partition coefficient (Wildman–Crippen LogP) is 6.88. The number of hydrogen-bond donors (Lipinski definition) is 1. The lowest BCUT2D eigenvalue weighted by Crippen LogP contribution is -2.28. The third-order valence-corrected chi connectivity index (χ3v) is 5.98. The van der Waals surface area contributed by atoms with Crippen LogP contribution in [0.15, 0.2) is 60.7 Å². The topological polar surface area (TPSA) is 21.3 Å². The molecule has 0 amide bonds. The van der Waals surface area contributed by atoms with Crippen LogP contribution in [0.1, 0.15) is 49.7 Å². The second-order valence-electron chi connectivity index (χ2n) is 7.75. The Morgan fingerprint density at radius 2 is 1.61 bits per heavy atom. The molecule has 3 heteroatoms. The van der Waals surface area contributed by atoms with Gasteiger partial charge in [0.05, 0.1) is 0 Å². The summed E-state index contributed by atoms with van der Waals surface area (Å²) in [6, 6.07) is 21.3. The first-order valence-electron chi connectivity index (χ1n) is 10.4. The zero-order valence-corrected chi connectivity index (χ0v) is 17.0. The van der Waals surface area contributed by atoms with Crippen molar-refractivity contribution < 1.29 is 4.74 Å². The molecule has 0 atom stereocenters. The van der Waals surface area contributed by atoms with Crippen molar-refractivity contribution in [3.8, 4) is 5.75 Å². The number of halogens is 1. The summed E-state index contributed by atoms with van der Waals surface area (Å²) < 4.78 is 6.25. The van der Waals surface area contributed by atoms with E-state index in [1.165, 1.54) is 54.9 Å². The molecule has 1 aliphatic carbocycles. The summed E-state index contributed by atoms with van der Waals surface area (Å²) in [4.78, 5) is 0. The highest BCUT2D eigenvalue weighted by Gasteiger charge is 2.14. The number of fused-ring (bicyclic) bond motifs is 1. The molecule has 1 saturated carbocycles. The van der Waals surface area contributed by atoms with Gasteiger partial charge in [-0.15, -0.1) is 0 Å². The molecule has 0 unspecified atom stereocenters. The van der Waals surface area contributed by atoms with E-state index in [0.717, 1.165) is 22.9 Å². The standard InChI is InChI=1S/C25H28ClNO/c26-21-14-11-19(12-15-21)18-28-25-16-13-20-7-5-6-10-23(20)24(25)17-27-22-8-3-1-2-4-9-22/h5-7,10-16,22,27H,1-4,8-9,17-18H2. The minimum absolute atomic E-state index is 0.548. The van der Waals surface area contributed by atoms with E-state index in [-0.39, 0.29) is 0 Å². The summed E-state index contributed by atoms with van der Waals surface area (Å²) in [5, 5.41) is 7.11. The molecule has 1 N–H and O–H groups in total. The molecule has 146 valence electrons. The van der Waals surface area contributed by atoms with Gasteiger partial charge >= 0.3 is 0 Å². The van der Waals surface area contributed by atoms with Gasteiger partial charge in [-0.25, -0.2) is 0 Å². The predicted molar refractivity (Wildman–Crippen MR) is 118 cm³/mol. The van der Waals surface area contributed by atoms with Crippen LogP contribution in [0.25, 0.3) is 10.8 Å². The molecule has 1 aliphatic rings. The Balaban J connectivity index is 1.54. The molecule has 1 fully saturated rings. The molecule has 0 radical (unpaired) electrons. The van der Waals surface area contributed by atoms with Crippen LogP contribution in [0.4, 0.5) is 0 Å². The van der Waals surface area contributed by atoms with Crippen LogP contribution in [-0.4, -0.2) is 6.04 Å². The average Bonchev–Trinajstić information content (AvgIpc) is 3.01. The van der Waals surface area contributed by atoms with E-state index in [1.54, 1.807) is 0 Å². The molecular formula is C25H28ClNO. The van der Waals surface area contributed by atoms with E-state index >= 15 is 0 Å². The third kappa shape index (κ3) is 4.87. The summed E-state index contributed by atoms with van der Waals surface area (Å²) in [5.41, 5.74) is 2.39. The first-order valence-corrected chi connectivity index (χ1v) is 10.8. The number of benzene rings is 3. The van der Waals surface area contributed by atoms with E-state index in [2.05, 4.69) is 41.7 Å². The molecule has 0 heterocycles. The van der Waals surface area contributed by atoms with Crippen LogP contribution in [0.3, 0.4) is 0 Å². The van der Waals surface area contributed by atoms with Gasteiger partial charge in [-0.2, -0.15) is 0 Å². The smallest absolute Gasteiger partial charge is 0.124 e. The van der Waals surface area contributed by atoms with Crippen molar-refractivity contribution in [3.63, 3.8) is 0 Å². The second kappa shape index (κ2) is 9.45. The van der Waals surface area contributed by atoms with Crippen LogP contribution in [0, 0.1) is 0 Å². The van der Waals surface area contributed by atoms with Crippen molar-refractivity contribution >= 4 is 22.4 Å². The maximum Gasteiger partial charge on any atom is 0.124 e. The molecule has 28 heavy (non-hydrogen) atoms. The normalized spacial score (nSPS) is 15.5. The summed E-state index contributed by atoms with van der Waals surface area (Å²) in [6.07, 6.45) is 8.00. The second-order valence-corrected chi connectivity index (χ2v) is 8.18. The van der Waals surface area contributed by atoms with Crippen molar-refractivity contribution in [1.82, 2.24) is 5.32 Å². The lowest BCUT2D eigenvalue weighted by atomic mass is 10.0. The van der Waals surface area contributed by atoms with Gasteiger partial charge in [-0.05, 0) is 47.4 Å². The van der Waals surface area contributed by atoms with Crippen molar-refractivity contribution in [3.05, 3.63) is 76.8 Å². The molecule has 0 aromatic heterocycles. The zero-order chi connectivity index (χ0) is 19.2. The molecule has 0 spiro atoms. The lowest BCUT2D eigenvalue weighted by Gasteiger charge is -2.19. The summed E-state index contributed by atoms with van der Waals surface area (Å²) in [7, 11) is 0. The van der Waals surface area contributed by atoms with Gasteiger partial charge < -0.3 is 10.1 Å². The van der Waals surface area contributed by atoms with Gasteiger partial charge in [-0.3, -0.25) is 0 Å². The van der Waals surface area contributed by atoms with Crippen LogP contribution in [0.2, 0.25) is 5.02 Å². The summed E-state index contributed by atoms with van der Waals surface area (Å²) >= 11 is 6.00. The largest absolute Gasteiger partial charge is 0.489 e. The fourth-order valence-corrected chi connectivity index (χ4v) is 4.23. The fraction of sp³-hybridized carbons (Fsp3) is 0.360. The van der Waals surface area contributed by atoms with Crippen molar-refractivity contribution in [1.29, 1.82) is 0 Å². The van der Waals surface area contributed by atoms with Crippen LogP contribution >= 0.6 is 11.6 Å². The first-order chi connectivity index (χ1) is 13.8. The fourth-order valence-electron chi connectivity index (χ4n) is 4.11. The van der Waals surface area contributed by atoms with Gasteiger partial charge in [-0.1, -0.05) is 79.7 Å². The van der Waals surface area contributed by atoms with E-state index in [0.29, 0.717) is 12.6 Å². The van der Waals surface area contributed by atoms with Gasteiger partial charge in [0.25, 0.3) is 0 Å². The zero-order valence-electron chi connectivity index (χ0n) is 16.3. The Kier molecular flexibility index (Phi) is 6.51. The number of ether oxygens (including phenoxy) is 1. The Hall–Kier alpha value is -2.03. The quantitative estimate of drug-likeness (QED) is 0.460. The maximum absolute atomic E-state index is 6.25. The van der Waals surface area contributed by atoms with Crippen LogP contribution in [-0.2, 0) is 13.2 Å². The minimum atomic E-state index is 0.548. The molecule has 0 aliphatic heterocycles. The van der Waals surface area contributed by atoms with E-state index in [4.69, 9.17) is 16.3 Å². The van der Waals surface area contributed by atoms with E-state index in [9.17, 15) is 0 Å². The molecule has 0 saturated heterocycles. The highest BCUT2D eigenvalue weighted by molar-refractivity contribution is 6.30. The van der Waals surface area contributed by atoms with Crippen molar-refractivity contribution in [2.75, 3.05) is 0 Å². The maximum atomic E-state index is 6.25. The Bertz CT molecular complexity index is 898. The Morgan fingerprint density at radius 3 is 2.39 bits per heavy atom. The Labute approximate surface area is 172 Å². The van der Waals surface area contributed by atoms with E-state index < -0.39 is 0 Å². The highest BCUT2D eigenvalue weighted by atomic mass is 35.5. The lowest BCUT2D eigenvalue weighted by molar-refractivity contribution is 0.302. The number of hydrogen-bond acceptors (Lipinski definition) is 2. The Morgan fingerprint density at radius 1 is 0.857 bits per heavy atom. The molecule has 0 bridgehead atoms. The minimum Gasteiger partial charge on any atom is -0.489 e. The summed E-state index contributed by atoms with van der Waals surface area (Å²) in [6.45, 7) is 1.40. The highest BCUT2D eigenvalue weighted by Crippen LogP contribution is 2.29. The van der Waals surface area contributed by atoms with Gasteiger partial charge in [0.2, 0.25) is 0 Å². The third-order valence-electron chi connectivity index (χ3n) is 5.73. The van der Waals surface area contributed by atoms with Gasteiger partial charge in [0, 0.05) is 23.2 Å². The molecular weight excluding hydrogens is 366 g/mol. The van der Waals surface area contributed by atoms with Gasteiger partial charge in [0.1, 0.15) is 12.4 Å². The van der Waals surface area contributed by atoms with Crippen molar-refractivity contribution in [2.45, 2.75) is 57.7 Å². The molecule has 2 nitrogen and oxygen atoms in total. The summed E-state index contributed by atoms with van der Waals surface area (Å²) in [5.74, 6) is 0.967. The molecule has 3 aromatic rings. The van der Waals surface area contributed by atoms with Crippen LogP contribution < -0.4 is 10.1 Å². The molecule has 3 aromatic carbocycles. The SMILES string of the molecule is Clc1ccc(COc2ccc3ccccc3c2CNC2CCCCCC2)cc1. The monoisotopic (exact) mass is 393 g/mol. The first kappa shape index (κ1) is 19.3. The van der Waals surface area contributed by atoms with E-state index in [1.807, 2.05) is 24.3 Å².